The maximum absolute atomic E-state index is 13.2. The molecule has 0 aliphatic heterocycles. The predicted molar refractivity (Wildman–Crippen MR) is 132 cm³/mol. The van der Waals surface area contributed by atoms with E-state index in [0.29, 0.717) is 28.8 Å². The molecule has 0 unspecified atom stereocenters. The summed E-state index contributed by atoms with van der Waals surface area (Å²) in [5.74, 6) is 0.687. The molecular weight excluding hydrogens is 451 g/mol. The van der Waals surface area contributed by atoms with E-state index in [2.05, 4.69) is 5.32 Å². The number of carbonyl (C=O) groups is 2. The number of hydrogen-bond donors (Lipinski definition) is 1. The van der Waals surface area contributed by atoms with E-state index in [0.717, 1.165) is 17.5 Å². The van der Waals surface area contributed by atoms with Gasteiger partial charge in [0.15, 0.2) is 0 Å². The van der Waals surface area contributed by atoms with Gasteiger partial charge in [0.1, 0.15) is 6.04 Å². The van der Waals surface area contributed by atoms with Crippen LogP contribution in [0.2, 0.25) is 10.0 Å². The van der Waals surface area contributed by atoms with Crippen molar-refractivity contribution in [2.45, 2.75) is 58.0 Å². The lowest BCUT2D eigenvalue weighted by Crippen LogP contribution is -2.51. The molecule has 2 aromatic rings. The van der Waals surface area contributed by atoms with E-state index >= 15 is 0 Å². The van der Waals surface area contributed by atoms with Crippen molar-refractivity contribution < 1.29 is 9.59 Å². The van der Waals surface area contributed by atoms with Crippen LogP contribution in [0.4, 0.5) is 0 Å². The fraction of sp³-hybridized carbons (Fsp3) is 0.417. The maximum Gasteiger partial charge on any atom is 0.243 e. The molecule has 0 aliphatic rings. The molecule has 2 amide bonds. The van der Waals surface area contributed by atoms with Crippen molar-refractivity contribution in [1.29, 1.82) is 0 Å². The Morgan fingerprint density at radius 1 is 1.06 bits per heavy atom. The van der Waals surface area contributed by atoms with E-state index in [1.165, 1.54) is 11.8 Å². The zero-order valence-electron chi connectivity index (χ0n) is 18.2. The van der Waals surface area contributed by atoms with Gasteiger partial charge in [0.25, 0.3) is 0 Å². The molecule has 0 saturated heterocycles. The van der Waals surface area contributed by atoms with Crippen LogP contribution in [-0.2, 0) is 21.9 Å². The largest absolute Gasteiger partial charge is 0.352 e. The van der Waals surface area contributed by atoms with Crippen LogP contribution in [0.3, 0.4) is 0 Å². The van der Waals surface area contributed by atoms with Crippen LogP contribution in [0.15, 0.2) is 48.5 Å². The molecule has 2 aromatic carbocycles. The average molecular weight is 481 g/mol. The van der Waals surface area contributed by atoms with Crippen molar-refractivity contribution in [3.05, 3.63) is 69.7 Å². The molecule has 0 heterocycles. The molecule has 7 heteroatoms. The summed E-state index contributed by atoms with van der Waals surface area (Å²) < 4.78 is 0. The van der Waals surface area contributed by atoms with Gasteiger partial charge >= 0.3 is 0 Å². The number of nitrogens with zero attached hydrogens (tertiary/aromatic N) is 1. The Morgan fingerprint density at radius 3 is 2.39 bits per heavy atom. The minimum absolute atomic E-state index is 0.0647. The summed E-state index contributed by atoms with van der Waals surface area (Å²) in [5, 5.41) is 4.20. The minimum Gasteiger partial charge on any atom is -0.352 e. The van der Waals surface area contributed by atoms with Crippen molar-refractivity contribution >= 4 is 46.8 Å². The molecule has 0 fully saturated rings. The van der Waals surface area contributed by atoms with Gasteiger partial charge in [0.05, 0.1) is 5.75 Å². The molecular formula is C24H30Cl2N2O2S. The Bertz CT molecular complexity index is 864. The highest BCUT2D eigenvalue weighted by atomic mass is 35.5. The first-order valence-corrected chi connectivity index (χ1v) is 12.4. The number of carbonyl (C=O) groups excluding carboxylic acids is 2. The number of thioether (sulfide) groups is 1. The molecule has 168 valence electrons. The van der Waals surface area contributed by atoms with Crippen LogP contribution in [-0.4, -0.2) is 34.6 Å². The summed E-state index contributed by atoms with van der Waals surface area (Å²) in [5.41, 5.74) is 1.93. The van der Waals surface area contributed by atoms with Gasteiger partial charge in [-0.15, -0.1) is 11.8 Å². The van der Waals surface area contributed by atoms with E-state index < -0.39 is 6.04 Å². The molecule has 4 nitrogen and oxygen atoms in total. The van der Waals surface area contributed by atoms with Crippen LogP contribution < -0.4 is 5.32 Å². The summed E-state index contributed by atoms with van der Waals surface area (Å²) in [6.07, 6.45) is 1.39. The molecule has 0 aromatic heterocycles. The highest BCUT2D eigenvalue weighted by Crippen LogP contribution is 2.25. The summed E-state index contributed by atoms with van der Waals surface area (Å²) in [6, 6.07) is 14.7. The normalized spacial score (nSPS) is 12.8. The molecule has 0 saturated carbocycles. The Hall–Kier alpha value is -1.69. The van der Waals surface area contributed by atoms with Gasteiger partial charge < -0.3 is 10.2 Å². The number of halogens is 2. The molecule has 1 N–H and O–H groups in total. The van der Waals surface area contributed by atoms with Crippen molar-refractivity contribution in [2.75, 3.05) is 5.75 Å². The fourth-order valence-corrected chi connectivity index (χ4v) is 4.58. The van der Waals surface area contributed by atoms with Crippen molar-refractivity contribution in [3.8, 4) is 0 Å². The summed E-state index contributed by atoms with van der Waals surface area (Å²) in [7, 11) is 0. The Labute approximate surface area is 199 Å². The molecule has 0 aliphatic carbocycles. The van der Waals surface area contributed by atoms with Gasteiger partial charge in [-0.2, -0.15) is 0 Å². The summed E-state index contributed by atoms with van der Waals surface area (Å²) >= 11 is 13.7. The minimum atomic E-state index is -0.513. The second kappa shape index (κ2) is 13.0. The van der Waals surface area contributed by atoms with Gasteiger partial charge in [-0.3, -0.25) is 9.59 Å². The third-order valence-electron chi connectivity index (χ3n) is 5.08. The van der Waals surface area contributed by atoms with E-state index in [-0.39, 0.29) is 23.6 Å². The first-order valence-electron chi connectivity index (χ1n) is 10.5. The van der Waals surface area contributed by atoms with E-state index in [9.17, 15) is 9.59 Å². The topological polar surface area (TPSA) is 49.4 Å². The van der Waals surface area contributed by atoms with Crippen molar-refractivity contribution in [3.63, 3.8) is 0 Å². The lowest BCUT2D eigenvalue weighted by molar-refractivity contribution is -0.139. The summed E-state index contributed by atoms with van der Waals surface area (Å²) in [6.45, 7) is 6.33. The van der Waals surface area contributed by atoms with Crippen LogP contribution in [0, 0.1) is 0 Å². The molecule has 2 atom stereocenters. The van der Waals surface area contributed by atoms with Gasteiger partial charge in [0.2, 0.25) is 11.8 Å². The first-order chi connectivity index (χ1) is 14.8. The van der Waals surface area contributed by atoms with Crippen molar-refractivity contribution in [1.82, 2.24) is 10.2 Å². The number of rotatable bonds is 11. The number of benzene rings is 2. The van der Waals surface area contributed by atoms with Crippen LogP contribution in [0.1, 0.15) is 44.7 Å². The van der Waals surface area contributed by atoms with E-state index in [4.69, 9.17) is 23.2 Å². The second-order valence-corrected chi connectivity index (χ2v) is 9.31. The molecule has 31 heavy (non-hydrogen) atoms. The Kier molecular flexibility index (Phi) is 10.7. The zero-order valence-corrected chi connectivity index (χ0v) is 20.6. The Balaban J connectivity index is 2.12. The Morgan fingerprint density at radius 2 is 1.77 bits per heavy atom. The third-order valence-corrected chi connectivity index (χ3v) is 6.63. The third kappa shape index (κ3) is 8.06. The van der Waals surface area contributed by atoms with Crippen LogP contribution >= 0.6 is 35.0 Å². The zero-order chi connectivity index (χ0) is 22.8. The molecule has 0 spiro atoms. The fourth-order valence-electron chi connectivity index (χ4n) is 3.11. The van der Waals surface area contributed by atoms with E-state index in [1.54, 1.807) is 17.0 Å². The van der Waals surface area contributed by atoms with Crippen LogP contribution in [0.5, 0.6) is 0 Å². The van der Waals surface area contributed by atoms with Crippen LogP contribution in [0.25, 0.3) is 0 Å². The number of nitrogens with one attached hydrogen (secondary N) is 1. The standard InChI is InChI=1S/C24H30Cl2N2O2S/c1-4-17(3)27-24(30)22(5-2)28(14-18-9-7-6-8-10-18)23(29)16-31-15-19-11-12-20(25)13-21(19)26/h6-13,17,22H,4-5,14-16H2,1-3H3,(H,27,30)/t17-,22-/m1/s1. The quantitative estimate of drug-likeness (QED) is 0.432. The smallest absolute Gasteiger partial charge is 0.243 e. The summed E-state index contributed by atoms with van der Waals surface area (Å²) in [4.78, 5) is 27.8. The number of hydrogen-bond acceptors (Lipinski definition) is 3. The monoisotopic (exact) mass is 480 g/mol. The van der Waals surface area contributed by atoms with Gasteiger partial charge in [0, 0.05) is 28.4 Å². The molecule has 0 bridgehead atoms. The van der Waals surface area contributed by atoms with Gasteiger partial charge in [-0.25, -0.2) is 0 Å². The highest BCUT2D eigenvalue weighted by Gasteiger charge is 2.29. The molecule has 0 radical (unpaired) electrons. The second-order valence-electron chi connectivity index (χ2n) is 7.48. The van der Waals surface area contributed by atoms with Crippen molar-refractivity contribution in [2.24, 2.45) is 0 Å². The molecule has 2 rings (SSSR count). The predicted octanol–water partition coefficient (Wildman–Crippen LogP) is 5.95. The lowest BCUT2D eigenvalue weighted by Gasteiger charge is -2.31. The highest BCUT2D eigenvalue weighted by molar-refractivity contribution is 7.99. The first kappa shape index (κ1) is 25.6. The SMILES string of the molecule is CC[C@@H](C)NC(=O)[C@@H](CC)N(Cc1ccccc1)C(=O)CSCc1ccc(Cl)cc1Cl. The lowest BCUT2D eigenvalue weighted by atomic mass is 10.1. The van der Waals surface area contributed by atoms with E-state index in [1.807, 2.05) is 57.2 Å². The number of amides is 2. The van der Waals surface area contributed by atoms with Gasteiger partial charge in [-0.1, -0.05) is 73.4 Å². The average Bonchev–Trinajstić information content (AvgIpc) is 2.75. The maximum atomic E-state index is 13.2. The van der Waals surface area contributed by atoms with Gasteiger partial charge in [-0.05, 0) is 43.0 Å².